The van der Waals surface area contributed by atoms with Crippen molar-refractivity contribution in [2.24, 2.45) is 5.92 Å². The Kier molecular flexibility index (Phi) is 6.31. The van der Waals surface area contributed by atoms with Crippen molar-refractivity contribution in [3.63, 3.8) is 0 Å². The number of carboxylic acid groups (broad SMARTS) is 1. The van der Waals surface area contributed by atoms with Gasteiger partial charge in [0.2, 0.25) is 0 Å². The third-order valence-corrected chi connectivity index (χ3v) is 6.08. The molecule has 5 heteroatoms. The SMILES string of the molecule is COc1ccc(-c2cc(C(Oc3ccc(C(=O)O)cc3)C3CCCCC3)c(C)o2)cc1. The van der Waals surface area contributed by atoms with Crippen LogP contribution in [0.2, 0.25) is 0 Å². The van der Waals surface area contributed by atoms with Gasteiger partial charge in [0.15, 0.2) is 0 Å². The van der Waals surface area contributed by atoms with Gasteiger partial charge in [0.05, 0.1) is 12.7 Å². The topological polar surface area (TPSA) is 68.9 Å². The normalized spacial score (nSPS) is 15.4. The van der Waals surface area contributed by atoms with Gasteiger partial charge in [0.1, 0.15) is 29.1 Å². The molecule has 162 valence electrons. The summed E-state index contributed by atoms with van der Waals surface area (Å²) < 4.78 is 17.9. The fourth-order valence-corrected chi connectivity index (χ4v) is 4.35. The number of hydrogen-bond acceptors (Lipinski definition) is 4. The minimum absolute atomic E-state index is 0.133. The number of methoxy groups -OCH3 is 1. The lowest BCUT2D eigenvalue weighted by molar-refractivity contribution is 0.0696. The number of rotatable bonds is 7. The molecule has 3 aromatic rings. The van der Waals surface area contributed by atoms with Crippen molar-refractivity contribution < 1.29 is 23.8 Å². The Morgan fingerprint density at radius 1 is 1.00 bits per heavy atom. The van der Waals surface area contributed by atoms with Crippen LogP contribution in [0.4, 0.5) is 0 Å². The fourth-order valence-electron chi connectivity index (χ4n) is 4.35. The number of furan rings is 1. The summed E-state index contributed by atoms with van der Waals surface area (Å²) in [5.41, 5.74) is 2.30. The molecule has 1 aliphatic rings. The summed E-state index contributed by atoms with van der Waals surface area (Å²) in [6.45, 7) is 1.98. The van der Waals surface area contributed by atoms with Crippen molar-refractivity contribution in [1.29, 1.82) is 0 Å². The van der Waals surface area contributed by atoms with Crippen LogP contribution in [0, 0.1) is 12.8 Å². The van der Waals surface area contributed by atoms with Crippen LogP contribution in [-0.4, -0.2) is 18.2 Å². The molecular weight excluding hydrogens is 392 g/mol. The molecule has 1 fully saturated rings. The van der Waals surface area contributed by atoms with E-state index in [9.17, 15) is 4.79 Å². The van der Waals surface area contributed by atoms with Crippen LogP contribution in [0.25, 0.3) is 11.3 Å². The summed E-state index contributed by atoms with van der Waals surface area (Å²) in [6, 6.07) is 16.5. The summed E-state index contributed by atoms with van der Waals surface area (Å²) in [4.78, 5) is 11.2. The molecule has 1 saturated carbocycles. The van der Waals surface area contributed by atoms with Gasteiger partial charge in [0, 0.05) is 17.0 Å². The van der Waals surface area contributed by atoms with Crippen molar-refractivity contribution in [2.75, 3.05) is 7.11 Å². The van der Waals surface area contributed by atoms with Gasteiger partial charge in [-0.1, -0.05) is 19.3 Å². The third-order valence-electron chi connectivity index (χ3n) is 6.08. The van der Waals surface area contributed by atoms with Crippen LogP contribution < -0.4 is 9.47 Å². The van der Waals surface area contributed by atoms with Gasteiger partial charge < -0.3 is 19.0 Å². The van der Waals surface area contributed by atoms with Crippen molar-refractivity contribution in [3.05, 3.63) is 71.5 Å². The number of aryl methyl sites for hydroxylation is 1. The molecule has 1 heterocycles. The smallest absolute Gasteiger partial charge is 0.335 e. The first-order valence-electron chi connectivity index (χ1n) is 10.8. The standard InChI is InChI=1S/C26H28O5/c1-17-23(16-24(30-17)18-8-12-21(29-2)13-9-18)25(19-6-4-3-5-7-19)31-22-14-10-20(11-15-22)26(27)28/h8-16,19,25H,3-7H2,1-2H3,(H,27,28). The van der Waals surface area contributed by atoms with Gasteiger partial charge in [0.25, 0.3) is 0 Å². The van der Waals surface area contributed by atoms with Crippen molar-refractivity contribution >= 4 is 5.97 Å². The lowest BCUT2D eigenvalue weighted by Gasteiger charge is -2.30. The van der Waals surface area contributed by atoms with Gasteiger partial charge >= 0.3 is 5.97 Å². The molecular formula is C26H28O5. The Balaban J connectivity index is 1.64. The van der Waals surface area contributed by atoms with E-state index >= 15 is 0 Å². The Labute approximate surface area is 182 Å². The zero-order valence-corrected chi connectivity index (χ0v) is 18.0. The highest BCUT2D eigenvalue weighted by Crippen LogP contribution is 2.41. The molecule has 1 N–H and O–H groups in total. The number of benzene rings is 2. The van der Waals surface area contributed by atoms with E-state index in [-0.39, 0.29) is 11.7 Å². The quantitative estimate of drug-likeness (QED) is 0.463. The van der Waals surface area contributed by atoms with Crippen LogP contribution >= 0.6 is 0 Å². The lowest BCUT2D eigenvalue weighted by atomic mass is 9.82. The Bertz CT molecular complexity index is 1010. The second-order valence-electron chi connectivity index (χ2n) is 8.12. The maximum Gasteiger partial charge on any atom is 0.335 e. The predicted molar refractivity (Wildman–Crippen MR) is 119 cm³/mol. The highest BCUT2D eigenvalue weighted by molar-refractivity contribution is 5.87. The minimum atomic E-state index is -0.940. The zero-order valence-electron chi connectivity index (χ0n) is 18.0. The largest absolute Gasteiger partial charge is 0.497 e. The van der Waals surface area contributed by atoms with E-state index < -0.39 is 5.97 Å². The van der Waals surface area contributed by atoms with E-state index in [1.54, 1.807) is 31.4 Å². The fraction of sp³-hybridized carbons (Fsp3) is 0.346. The minimum Gasteiger partial charge on any atom is -0.497 e. The molecule has 0 aliphatic heterocycles. The van der Waals surface area contributed by atoms with Gasteiger partial charge in [-0.3, -0.25) is 0 Å². The maximum absolute atomic E-state index is 11.2. The van der Waals surface area contributed by atoms with E-state index in [0.29, 0.717) is 11.7 Å². The monoisotopic (exact) mass is 420 g/mol. The average molecular weight is 421 g/mol. The molecule has 0 saturated heterocycles. The van der Waals surface area contributed by atoms with Crippen molar-refractivity contribution in [3.8, 4) is 22.8 Å². The van der Waals surface area contributed by atoms with Gasteiger partial charge in [-0.2, -0.15) is 0 Å². The first kappa shape index (κ1) is 21.0. The van der Waals surface area contributed by atoms with Crippen LogP contribution in [0.15, 0.2) is 59.0 Å². The van der Waals surface area contributed by atoms with E-state index in [2.05, 4.69) is 6.07 Å². The number of aromatic carboxylic acids is 1. The van der Waals surface area contributed by atoms with Gasteiger partial charge in [-0.25, -0.2) is 4.79 Å². The molecule has 4 rings (SSSR count). The molecule has 0 radical (unpaired) electrons. The van der Waals surface area contributed by atoms with Crippen molar-refractivity contribution in [2.45, 2.75) is 45.1 Å². The first-order valence-corrected chi connectivity index (χ1v) is 10.8. The zero-order chi connectivity index (χ0) is 21.8. The molecule has 5 nitrogen and oxygen atoms in total. The van der Waals surface area contributed by atoms with E-state index in [1.165, 1.54) is 19.3 Å². The molecule has 1 aliphatic carbocycles. The highest BCUT2D eigenvalue weighted by atomic mass is 16.5. The molecule has 31 heavy (non-hydrogen) atoms. The molecule has 1 atom stereocenters. The van der Waals surface area contributed by atoms with Gasteiger partial charge in [-0.15, -0.1) is 0 Å². The summed E-state index contributed by atoms with van der Waals surface area (Å²) in [7, 11) is 1.65. The predicted octanol–water partition coefficient (Wildman–Crippen LogP) is 6.66. The van der Waals surface area contributed by atoms with Gasteiger partial charge in [-0.05, 0) is 74.4 Å². The van der Waals surface area contributed by atoms with Crippen molar-refractivity contribution in [1.82, 2.24) is 0 Å². The summed E-state index contributed by atoms with van der Waals surface area (Å²) >= 11 is 0. The number of carboxylic acids is 1. The third kappa shape index (κ3) is 4.76. The highest BCUT2D eigenvalue weighted by Gasteiger charge is 2.30. The van der Waals surface area contributed by atoms with E-state index in [0.717, 1.165) is 41.2 Å². The second kappa shape index (κ2) is 9.29. The average Bonchev–Trinajstić information content (AvgIpc) is 3.19. The molecule has 1 unspecified atom stereocenters. The summed E-state index contributed by atoms with van der Waals surface area (Å²) in [6.07, 6.45) is 5.75. The summed E-state index contributed by atoms with van der Waals surface area (Å²) in [5, 5.41) is 9.16. The lowest BCUT2D eigenvalue weighted by Crippen LogP contribution is -2.21. The number of ether oxygens (including phenoxy) is 2. The molecule has 2 aromatic carbocycles. The van der Waals surface area contributed by atoms with E-state index in [1.807, 2.05) is 31.2 Å². The Morgan fingerprint density at radius 3 is 2.26 bits per heavy atom. The molecule has 1 aromatic heterocycles. The van der Waals surface area contributed by atoms with Crippen LogP contribution in [0.3, 0.4) is 0 Å². The molecule has 0 amide bonds. The maximum atomic E-state index is 11.2. The summed E-state index contributed by atoms with van der Waals surface area (Å²) in [5.74, 6) is 2.59. The van der Waals surface area contributed by atoms with Crippen LogP contribution in [0.1, 0.15) is 59.9 Å². The Morgan fingerprint density at radius 2 is 1.65 bits per heavy atom. The molecule has 0 bridgehead atoms. The first-order chi connectivity index (χ1) is 15.0. The van der Waals surface area contributed by atoms with E-state index in [4.69, 9.17) is 19.0 Å². The van der Waals surface area contributed by atoms with Crippen LogP contribution in [-0.2, 0) is 0 Å². The molecule has 0 spiro atoms. The van der Waals surface area contributed by atoms with Crippen LogP contribution in [0.5, 0.6) is 11.5 Å². The number of carbonyl (C=O) groups is 1. The Hall–Kier alpha value is -3.21. The second-order valence-corrected chi connectivity index (χ2v) is 8.12. The number of hydrogen-bond donors (Lipinski definition) is 1.